The number of hydrogen-bond acceptors (Lipinski definition) is 2. The van der Waals surface area contributed by atoms with Gasteiger partial charge in [0, 0.05) is 18.1 Å². The number of carbonyl (C=O) groups excluding carboxylic acids is 1. The van der Waals surface area contributed by atoms with Crippen LogP contribution in [0.5, 0.6) is 0 Å². The molecular formula is C15H21ClN2O. The monoisotopic (exact) mass is 280 g/mol. The van der Waals surface area contributed by atoms with E-state index in [2.05, 4.69) is 5.32 Å². The quantitative estimate of drug-likeness (QED) is 0.891. The second-order valence-corrected chi connectivity index (χ2v) is 5.63. The highest BCUT2D eigenvalue weighted by atomic mass is 35.5. The van der Waals surface area contributed by atoms with E-state index in [4.69, 9.17) is 17.3 Å². The topological polar surface area (TPSA) is 55.1 Å². The van der Waals surface area contributed by atoms with Crippen molar-refractivity contribution in [1.29, 1.82) is 0 Å². The summed E-state index contributed by atoms with van der Waals surface area (Å²) in [6, 6.07) is 7.69. The Bertz CT molecular complexity index is 424. The summed E-state index contributed by atoms with van der Waals surface area (Å²) >= 11 is 5.94. The Morgan fingerprint density at radius 1 is 1.21 bits per heavy atom. The van der Waals surface area contributed by atoms with E-state index in [-0.39, 0.29) is 5.91 Å². The molecule has 1 amide bonds. The van der Waals surface area contributed by atoms with Crippen molar-refractivity contribution < 1.29 is 4.79 Å². The molecule has 1 saturated carbocycles. The number of hydrogen-bond donors (Lipinski definition) is 2. The van der Waals surface area contributed by atoms with Gasteiger partial charge in [0.25, 0.3) is 0 Å². The summed E-state index contributed by atoms with van der Waals surface area (Å²) in [5.41, 5.74) is 6.16. The first-order valence-corrected chi connectivity index (χ1v) is 7.31. The van der Waals surface area contributed by atoms with E-state index in [9.17, 15) is 4.79 Å². The van der Waals surface area contributed by atoms with Gasteiger partial charge in [0.05, 0.1) is 5.41 Å². The van der Waals surface area contributed by atoms with Crippen LogP contribution in [0.4, 0.5) is 0 Å². The van der Waals surface area contributed by atoms with E-state index in [1.54, 1.807) is 0 Å². The Kier molecular flexibility index (Phi) is 4.83. The molecule has 1 aromatic carbocycles. The van der Waals surface area contributed by atoms with E-state index >= 15 is 0 Å². The van der Waals surface area contributed by atoms with E-state index in [0.29, 0.717) is 18.1 Å². The maximum Gasteiger partial charge on any atom is 0.230 e. The third-order valence-electron chi connectivity index (χ3n) is 3.97. The van der Waals surface area contributed by atoms with Crippen molar-refractivity contribution in [2.24, 2.45) is 5.73 Å². The minimum Gasteiger partial charge on any atom is -0.354 e. The van der Waals surface area contributed by atoms with Crippen LogP contribution in [0.25, 0.3) is 0 Å². The van der Waals surface area contributed by atoms with E-state index in [1.807, 2.05) is 24.3 Å². The first kappa shape index (κ1) is 14.4. The minimum absolute atomic E-state index is 0.111. The second kappa shape index (κ2) is 6.40. The van der Waals surface area contributed by atoms with Gasteiger partial charge in [-0.15, -0.1) is 0 Å². The molecule has 1 aromatic rings. The molecule has 0 radical (unpaired) electrons. The van der Waals surface area contributed by atoms with Crippen LogP contribution >= 0.6 is 11.6 Å². The highest BCUT2D eigenvalue weighted by Crippen LogP contribution is 2.40. The lowest BCUT2D eigenvalue weighted by atomic mass is 9.68. The zero-order valence-electron chi connectivity index (χ0n) is 11.1. The molecule has 0 aliphatic heterocycles. The Morgan fingerprint density at radius 3 is 2.42 bits per heavy atom. The summed E-state index contributed by atoms with van der Waals surface area (Å²) in [6.45, 7) is 1.01. The summed E-state index contributed by atoms with van der Waals surface area (Å²) in [7, 11) is 0. The van der Waals surface area contributed by atoms with Crippen molar-refractivity contribution in [3.8, 4) is 0 Å². The number of halogens is 1. The molecule has 19 heavy (non-hydrogen) atoms. The molecule has 0 spiro atoms. The maximum absolute atomic E-state index is 12.6. The third kappa shape index (κ3) is 3.10. The average molecular weight is 281 g/mol. The summed E-state index contributed by atoms with van der Waals surface area (Å²) in [4.78, 5) is 12.6. The van der Waals surface area contributed by atoms with Crippen LogP contribution in [0.15, 0.2) is 24.3 Å². The molecular weight excluding hydrogens is 260 g/mol. The molecule has 1 aliphatic carbocycles. The number of benzene rings is 1. The Morgan fingerprint density at radius 2 is 1.84 bits per heavy atom. The van der Waals surface area contributed by atoms with E-state index in [0.717, 1.165) is 31.2 Å². The van der Waals surface area contributed by atoms with Crippen molar-refractivity contribution in [1.82, 2.24) is 5.32 Å². The van der Waals surface area contributed by atoms with Crippen LogP contribution in [0.1, 0.15) is 37.7 Å². The highest BCUT2D eigenvalue weighted by molar-refractivity contribution is 6.30. The average Bonchev–Trinajstić information content (AvgIpc) is 2.46. The van der Waals surface area contributed by atoms with Crippen molar-refractivity contribution in [2.45, 2.75) is 37.5 Å². The largest absolute Gasteiger partial charge is 0.354 e. The molecule has 3 N–H and O–H groups in total. The Labute approximate surface area is 119 Å². The molecule has 3 nitrogen and oxygen atoms in total. The normalized spacial score (nSPS) is 18.0. The van der Waals surface area contributed by atoms with Gasteiger partial charge in [-0.25, -0.2) is 0 Å². The van der Waals surface area contributed by atoms with Crippen LogP contribution in [0.2, 0.25) is 5.02 Å². The number of carbonyl (C=O) groups is 1. The summed E-state index contributed by atoms with van der Waals surface area (Å²) in [6.07, 6.45) is 5.22. The van der Waals surface area contributed by atoms with Gasteiger partial charge in [-0.05, 0) is 30.5 Å². The highest BCUT2D eigenvalue weighted by Gasteiger charge is 2.40. The predicted molar refractivity (Wildman–Crippen MR) is 78.3 cm³/mol. The first-order valence-electron chi connectivity index (χ1n) is 6.93. The molecule has 0 saturated heterocycles. The van der Waals surface area contributed by atoms with Crippen molar-refractivity contribution in [3.05, 3.63) is 34.9 Å². The Hall–Kier alpha value is -1.06. The van der Waals surface area contributed by atoms with Crippen LogP contribution in [-0.4, -0.2) is 19.0 Å². The van der Waals surface area contributed by atoms with Crippen molar-refractivity contribution in [3.63, 3.8) is 0 Å². The molecule has 104 valence electrons. The molecule has 2 rings (SSSR count). The van der Waals surface area contributed by atoms with Gasteiger partial charge in [0.2, 0.25) is 5.91 Å². The second-order valence-electron chi connectivity index (χ2n) is 5.19. The standard InChI is InChI=1S/C15H21ClN2O/c16-13-6-4-12(5-7-13)15(8-2-1-3-9-15)14(19)18-11-10-17/h4-7H,1-3,8-11,17H2,(H,18,19). The molecule has 0 atom stereocenters. The summed E-state index contributed by atoms with van der Waals surface area (Å²) in [5, 5.41) is 3.66. The minimum atomic E-state index is -0.391. The van der Waals surface area contributed by atoms with Crippen molar-refractivity contribution in [2.75, 3.05) is 13.1 Å². The van der Waals surface area contributed by atoms with Crippen LogP contribution in [-0.2, 0) is 10.2 Å². The van der Waals surface area contributed by atoms with Crippen LogP contribution in [0, 0.1) is 0 Å². The van der Waals surface area contributed by atoms with E-state index < -0.39 is 5.41 Å². The summed E-state index contributed by atoms with van der Waals surface area (Å²) in [5.74, 6) is 0.111. The number of amides is 1. The smallest absolute Gasteiger partial charge is 0.230 e. The molecule has 0 bridgehead atoms. The molecule has 0 heterocycles. The number of nitrogens with two attached hydrogens (primary N) is 1. The summed E-state index contributed by atoms with van der Waals surface area (Å²) < 4.78 is 0. The Balaban J connectivity index is 2.28. The molecule has 0 aromatic heterocycles. The van der Waals surface area contributed by atoms with Gasteiger partial charge in [0.1, 0.15) is 0 Å². The van der Waals surface area contributed by atoms with Gasteiger partial charge in [-0.2, -0.15) is 0 Å². The van der Waals surface area contributed by atoms with Gasteiger partial charge in [-0.1, -0.05) is 43.0 Å². The van der Waals surface area contributed by atoms with Gasteiger partial charge in [0.15, 0.2) is 0 Å². The fraction of sp³-hybridized carbons (Fsp3) is 0.533. The van der Waals surface area contributed by atoms with E-state index in [1.165, 1.54) is 6.42 Å². The predicted octanol–water partition coefficient (Wildman–Crippen LogP) is 2.62. The molecule has 1 fully saturated rings. The lowest BCUT2D eigenvalue weighted by Crippen LogP contribution is -2.47. The van der Waals surface area contributed by atoms with Gasteiger partial charge in [-0.3, -0.25) is 4.79 Å². The maximum atomic E-state index is 12.6. The SMILES string of the molecule is NCCNC(=O)C1(c2ccc(Cl)cc2)CCCCC1. The van der Waals surface area contributed by atoms with Crippen molar-refractivity contribution >= 4 is 17.5 Å². The zero-order valence-corrected chi connectivity index (χ0v) is 11.9. The third-order valence-corrected chi connectivity index (χ3v) is 4.22. The van der Waals surface area contributed by atoms with Crippen LogP contribution in [0.3, 0.4) is 0 Å². The number of rotatable bonds is 4. The first-order chi connectivity index (χ1) is 9.19. The molecule has 4 heteroatoms. The number of nitrogens with one attached hydrogen (secondary N) is 1. The fourth-order valence-corrected chi connectivity index (χ4v) is 3.05. The molecule has 1 aliphatic rings. The van der Waals surface area contributed by atoms with Crippen LogP contribution < -0.4 is 11.1 Å². The lowest BCUT2D eigenvalue weighted by Gasteiger charge is -2.36. The lowest BCUT2D eigenvalue weighted by molar-refractivity contribution is -0.128. The van der Waals surface area contributed by atoms with Gasteiger partial charge >= 0.3 is 0 Å². The fourth-order valence-electron chi connectivity index (χ4n) is 2.93. The van der Waals surface area contributed by atoms with Gasteiger partial charge < -0.3 is 11.1 Å². The zero-order chi connectivity index (χ0) is 13.7. The molecule has 0 unspecified atom stereocenters.